The molecule has 0 spiro atoms. The van der Waals surface area contributed by atoms with Gasteiger partial charge in [-0.1, -0.05) is 0 Å². The van der Waals surface area contributed by atoms with Gasteiger partial charge in [-0.2, -0.15) is 8.42 Å². The van der Waals surface area contributed by atoms with Crippen molar-refractivity contribution in [1.82, 2.24) is 10.6 Å². The number of nitrogens with one attached hydrogen (secondary N) is 2. The van der Waals surface area contributed by atoms with Gasteiger partial charge in [-0.05, 0) is 12.8 Å². The zero-order valence-corrected chi connectivity index (χ0v) is 15.6. The SMILES string of the molecule is CO[Si](CCCNC(=O)NC(CCS(=O)(=O)O)C(=O)O)(OC)OC. The number of hydrogen-bond acceptors (Lipinski definition) is 7. The molecular weight excluding hydrogens is 364 g/mol. The second-order valence-corrected chi connectivity index (χ2v) is 9.43. The summed E-state index contributed by atoms with van der Waals surface area (Å²) in [5, 5.41) is 13.5. The Morgan fingerprint density at radius 3 is 2.12 bits per heavy atom. The summed E-state index contributed by atoms with van der Waals surface area (Å²) in [6.45, 7) is 0.210. The molecule has 13 heteroatoms. The number of rotatable bonds is 12. The number of hydrogen-bond donors (Lipinski definition) is 4. The third kappa shape index (κ3) is 9.14. The lowest BCUT2D eigenvalue weighted by molar-refractivity contribution is -0.139. The van der Waals surface area contributed by atoms with Crippen molar-refractivity contribution in [2.24, 2.45) is 0 Å². The van der Waals surface area contributed by atoms with Crippen LogP contribution in [0.15, 0.2) is 0 Å². The smallest absolute Gasteiger partial charge is 0.480 e. The molecule has 0 aliphatic heterocycles. The van der Waals surface area contributed by atoms with Crippen LogP contribution in [0.25, 0.3) is 0 Å². The molecule has 24 heavy (non-hydrogen) atoms. The normalized spacial score (nSPS) is 13.3. The highest BCUT2D eigenvalue weighted by Crippen LogP contribution is 2.14. The van der Waals surface area contributed by atoms with Gasteiger partial charge in [0, 0.05) is 33.9 Å². The van der Waals surface area contributed by atoms with E-state index in [9.17, 15) is 18.0 Å². The van der Waals surface area contributed by atoms with E-state index in [1.54, 1.807) is 0 Å². The van der Waals surface area contributed by atoms with Crippen molar-refractivity contribution >= 4 is 30.9 Å². The molecule has 1 unspecified atom stereocenters. The van der Waals surface area contributed by atoms with E-state index < -0.39 is 49.1 Å². The zero-order valence-electron chi connectivity index (χ0n) is 13.8. The Morgan fingerprint density at radius 1 is 1.17 bits per heavy atom. The molecular formula is C11H24N2O9SSi. The minimum Gasteiger partial charge on any atom is -0.480 e. The quantitative estimate of drug-likeness (QED) is 0.192. The molecule has 0 bridgehead atoms. The topological polar surface area (TPSA) is 160 Å². The maximum absolute atomic E-state index is 11.6. The Labute approximate surface area is 141 Å². The van der Waals surface area contributed by atoms with Crippen molar-refractivity contribution in [3.8, 4) is 0 Å². The van der Waals surface area contributed by atoms with Crippen LogP contribution in [0.4, 0.5) is 4.79 Å². The maximum Gasteiger partial charge on any atom is 0.500 e. The zero-order chi connectivity index (χ0) is 18.8. The van der Waals surface area contributed by atoms with Gasteiger partial charge in [0.25, 0.3) is 10.1 Å². The van der Waals surface area contributed by atoms with Gasteiger partial charge in [-0.25, -0.2) is 9.59 Å². The number of carbonyl (C=O) groups is 2. The monoisotopic (exact) mass is 388 g/mol. The van der Waals surface area contributed by atoms with Crippen LogP contribution in [0, 0.1) is 0 Å². The minimum atomic E-state index is -4.31. The highest BCUT2D eigenvalue weighted by Gasteiger charge is 2.36. The van der Waals surface area contributed by atoms with Crippen molar-refractivity contribution in [1.29, 1.82) is 0 Å². The Morgan fingerprint density at radius 2 is 1.71 bits per heavy atom. The second kappa shape index (κ2) is 10.6. The van der Waals surface area contributed by atoms with Crippen molar-refractivity contribution in [2.45, 2.75) is 24.9 Å². The molecule has 0 rings (SSSR count). The molecule has 0 saturated carbocycles. The molecule has 1 atom stereocenters. The van der Waals surface area contributed by atoms with Crippen molar-refractivity contribution in [3.63, 3.8) is 0 Å². The number of carboxylic acids is 1. The molecule has 0 radical (unpaired) electrons. The van der Waals surface area contributed by atoms with Crippen LogP contribution in [0.5, 0.6) is 0 Å². The average Bonchev–Trinajstić information content (AvgIpc) is 2.51. The molecule has 11 nitrogen and oxygen atoms in total. The standard InChI is InChI=1S/C11H24N2O9SSi/c1-20-24(21-2,22-3)8-4-6-12-11(16)13-9(10(14)15)5-7-23(17,18)19/h9H,4-8H2,1-3H3,(H,14,15)(H2,12,13,16)(H,17,18,19). The van der Waals surface area contributed by atoms with Crippen LogP contribution in [0.1, 0.15) is 12.8 Å². The van der Waals surface area contributed by atoms with Crippen LogP contribution in [-0.2, 0) is 28.2 Å². The van der Waals surface area contributed by atoms with E-state index in [4.69, 9.17) is 22.9 Å². The van der Waals surface area contributed by atoms with E-state index in [1.165, 1.54) is 21.3 Å². The molecule has 0 aromatic heterocycles. The predicted molar refractivity (Wildman–Crippen MR) is 85.2 cm³/mol. The van der Waals surface area contributed by atoms with Gasteiger partial charge in [-0.3, -0.25) is 4.55 Å². The van der Waals surface area contributed by atoms with E-state index >= 15 is 0 Å². The van der Waals surface area contributed by atoms with Gasteiger partial charge in [0.1, 0.15) is 6.04 Å². The van der Waals surface area contributed by atoms with Gasteiger partial charge < -0.3 is 29.0 Å². The molecule has 142 valence electrons. The fourth-order valence-electron chi connectivity index (χ4n) is 1.80. The lowest BCUT2D eigenvalue weighted by atomic mass is 10.2. The lowest BCUT2D eigenvalue weighted by Gasteiger charge is -2.24. The number of carboxylic acid groups (broad SMARTS) is 1. The first kappa shape index (κ1) is 22.7. The Bertz CT molecular complexity index is 501. The summed E-state index contributed by atoms with van der Waals surface area (Å²) in [7, 11) is -2.65. The first-order valence-corrected chi connectivity index (χ1v) is 10.5. The summed E-state index contributed by atoms with van der Waals surface area (Å²) >= 11 is 0. The van der Waals surface area contributed by atoms with Gasteiger partial charge >= 0.3 is 20.8 Å². The fourth-order valence-corrected chi connectivity index (χ4v) is 4.05. The molecule has 0 saturated heterocycles. The van der Waals surface area contributed by atoms with Gasteiger partial charge in [0.2, 0.25) is 0 Å². The number of urea groups is 1. The van der Waals surface area contributed by atoms with Crippen LogP contribution in [-0.4, -0.2) is 78.6 Å². The van der Waals surface area contributed by atoms with Gasteiger partial charge in [0.05, 0.1) is 5.75 Å². The summed E-state index contributed by atoms with van der Waals surface area (Å²) in [4.78, 5) is 22.6. The summed E-state index contributed by atoms with van der Waals surface area (Å²) < 4.78 is 45.5. The Kier molecular flexibility index (Phi) is 10.0. The van der Waals surface area contributed by atoms with Crippen LogP contribution < -0.4 is 10.6 Å². The van der Waals surface area contributed by atoms with Crippen LogP contribution in [0.2, 0.25) is 6.04 Å². The molecule has 0 aliphatic carbocycles. The molecule has 2 amide bonds. The highest BCUT2D eigenvalue weighted by atomic mass is 32.2. The van der Waals surface area contributed by atoms with E-state index in [0.717, 1.165) is 0 Å². The van der Waals surface area contributed by atoms with Crippen LogP contribution in [0.3, 0.4) is 0 Å². The fraction of sp³-hybridized carbons (Fsp3) is 0.818. The molecule has 4 N–H and O–H groups in total. The van der Waals surface area contributed by atoms with Crippen molar-refractivity contribution in [3.05, 3.63) is 0 Å². The summed E-state index contributed by atoms with van der Waals surface area (Å²) in [6, 6.07) is -1.75. The lowest BCUT2D eigenvalue weighted by Crippen LogP contribution is -2.47. The first-order chi connectivity index (χ1) is 11.1. The number of aliphatic carboxylic acids is 1. The maximum atomic E-state index is 11.6. The second-order valence-electron chi connectivity index (χ2n) is 4.76. The van der Waals surface area contributed by atoms with Gasteiger partial charge in [-0.15, -0.1) is 0 Å². The van der Waals surface area contributed by atoms with Gasteiger partial charge in [0.15, 0.2) is 0 Å². The average molecular weight is 388 g/mol. The third-order valence-electron chi connectivity index (χ3n) is 3.15. The highest BCUT2D eigenvalue weighted by molar-refractivity contribution is 7.85. The number of carbonyl (C=O) groups excluding carboxylic acids is 1. The Hall–Kier alpha value is -1.25. The third-order valence-corrected chi connectivity index (χ3v) is 6.73. The summed E-state index contributed by atoms with van der Waals surface area (Å²) in [5.74, 6) is -2.17. The molecule has 0 aromatic rings. The summed E-state index contributed by atoms with van der Waals surface area (Å²) in [6.07, 6.45) is 0.0204. The van der Waals surface area contributed by atoms with E-state index in [0.29, 0.717) is 12.5 Å². The molecule has 0 aromatic carbocycles. The van der Waals surface area contributed by atoms with Crippen molar-refractivity contribution < 1.29 is 40.9 Å². The number of amides is 2. The largest absolute Gasteiger partial charge is 0.500 e. The van der Waals surface area contributed by atoms with Crippen molar-refractivity contribution in [2.75, 3.05) is 33.6 Å². The van der Waals surface area contributed by atoms with E-state index in [2.05, 4.69) is 10.6 Å². The van der Waals surface area contributed by atoms with Crippen LogP contribution >= 0.6 is 0 Å². The summed E-state index contributed by atoms with van der Waals surface area (Å²) in [5.41, 5.74) is 0. The molecule has 0 fully saturated rings. The Balaban J connectivity index is 4.29. The molecule has 0 heterocycles. The predicted octanol–water partition coefficient (Wildman–Crippen LogP) is -0.715. The molecule has 0 aliphatic rings. The minimum absolute atomic E-state index is 0.210. The van der Waals surface area contributed by atoms with E-state index in [-0.39, 0.29) is 6.54 Å². The van der Waals surface area contributed by atoms with E-state index in [1.807, 2.05) is 0 Å². The first-order valence-electron chi connectivity index (χ1n) is 6.97.